The van der Waals surface area contributed by atoms with Crippen LogP contribution in [0.1, 0.15) is 46.2 Å². The predicted octanol–water partition coefficient (Wildman–Crippen LogP) is 1.81. The largest absolute Gasteiger partial charge is 1.00 e. The molecule has 2 aromatic carbocycles. The fraction of sp³-hybridized carbons (Fsp3) is 0.107. The quantitative estimate of drug-likeness (QED) is 0.384. The smallest absolute Gasteiger partial charge is 0.550 e. The maximum Gasteiger partial charge on any atom is 1.00 e. The van der Waals surface area contributed by atoms with Crippen LogP contribution in [0.4, 0.5) is 8.78 Å². The van der Waals surface area contributed by atoms with Crippen LogP contribution in [0.15, 0.2) is 60.8 Å². The van der Waals surface area contributed by atoms with E-state index >= 15 is 0 Å². The number of carboxylic acids is 1. The normalized spacial score (nSPS) is 14.2. The van der Waals surface area contributed by atoms with Gasteiger partial charge in [-0.15, -0.1) is 0 Å². The molecular formula is C28H19F2N2NaO3. The van der Waals surface area contributed by atoms with Crippen molar-refractivity contribution < 1.29 is 53.0 Å². The van der Waals surface area contributed by atoms with Crippen molar-refractivity contribution in [3.05, 3.63) is 106 Å². The zero-order valence-corrected chi connectivity index (χ0v) is 21.4. The number of fused-ring (bicyclic) bond motifs is 3. The van der Waals surface area contributed by atoms with E-state index in [1.165, 1.54) is 0 Å². The Kier molecular flexibility index (Phi) is 8.06. The number of halogens is 2. The third-order valence-corrected chi connectivity index (χ3v) is 5.75. The molecule has 0 N–H and O–H groups in total. The van der Waals surface area contributed by atoms with E-state index in [-0.39, 0.29) is 42.6 Å². The third-order valence-electron chi connectivity index (χ3n) is 5.75. The van der Waals surface area contributed by atoms with Crippen molar-refractivity contribution in [1.29, 1.82) is 0 Å². The van der Waals surface area contributed by atoms with Crippen LogP contribution in [-0.2, 0) is 9.53 Å². The molecule has 1 atom stereocenters. The van der Waals surface area contributed by atoms with Gasteiger partial charge in [0.2, 0.25) is 0 Å². The molecule has 1 aliphatic rings. The Morgan fingerprint density at radius 3 is 2.64 bits per heavy atom. The summed E-state index contributed by atoms with van der Waals surface area (Å²) in [5.41, 5.74) is 5.19. The van der Waals surface area contributed by atoms with E-state index in [0.717, 1.165) is 34.4 Å². The van der Waals surface area contributed by atoms with Gasteiger partial charge in [-0.1, -0.05) is 42.5 Å². The maximum absolute atomic E-state index is 13.6. The molecule has 0 aliphatic heterocycles. The second-order valence-corrected chi connectivity index (χ2v) is 8.10. The molecule has 0 fully saturated rings. The first-order chi connectivity index (χ1) is 17.0. The van der Waals surface area contributed by atoms with Gasteiger partial charge < -0.3 is 14.6 Å². The zero-order valence-electron chi connectivity index (χ0n) is 19.4. The summed E-state index contributed by atoms with van der Waals surface area (Å²) in [6, 6.07) is 15.2. The molecule has 2 aromatic heterocycles. The fourth-order valence-corrected chi connectivity index (χ4v) is 4.03. The Balaban J connectivity index is 0.00000304. The first-order valence-electron chi connectivity index (χ1n) is 11.0. The summed E-state index contributed by atoms with van der Waals surface area (Å²) in [5, 5.41) is 11.4. The predicted molar refractivity (Wildman–Crippen MR) is 128 cm³/mol. The van der Waals surface area contributed by atoms with Gasteiger partial charge in [-0.2, -0.15) is 0 Å². The van der Waals surface area contributed by atoms with Crippen LogP contribution < -0.4 is 34.7 Å². The van der Waals surface area contributed by atoms with Gasteiger partial charge in [0.15, 0.2) is 11.6 Å². The maximum atomic E-state index is 13.6. The molecule has 8 heteroatoms. The molecule has 0 saturated heterocycles. The van der Waals surface area contributed by atoms with Gasteiger partial charge in [-0.05, 0) is 52.6 Å². The second-order valence-electron chi connectivity index (χ2n) is 8.10. The number of benzene rings is 2. The Hall–Kier alpha value is -3.23. The van der Waals surface area contributed by atoms with E-state index in [9.17, 15) is 18.7 Å². The number of nitrogens with zero attached hydrogens (tertiary/aromatic N) is 2. The van der Waals surface area contributed by atoms with Crippen LogP contribution in [0, 0.1) is 11.6 Å². The van der Waals surface area contributed by atoms with Crippen LogP contribution in [0.3, 0.4) is 0 Å². The van der Waals surface area contributed by atoms with Gasteiger partial charge >= 0.3 is 29.6 Å². The number of hydrogen-bond acceptors (Lipinski definition) is 5. The van der Waals surface area contributed by atoms with E-state index < -0.39 is 23.7 Å². The first-order valence-corrected chi connectivity index (χ1v) is 11.0. The molecule has 0 amide bonds. The SMILES string of the molecule is O=C([O-])CCOC1c2cc(/C=C/c3ccc4cc(F)c(F)cc4n3)ccc2C=Cc2cccnc21.[Na+]. The summed E-state index contributed by atoms with van der Waals surface area (Å²) in [7, 11) is 0. The number of rotatable bonds is 6. The minimum absolute atomic E-state index is 0. The minimum Gasteiger partial charge on any atom is -0.550 e. The van der Waals surface area contributed by atoms with Crippen molar-refractivity contribution in [1.82, 2.24) is 9.97 Å². The fourth-order valence-electron chi connectivity index (χ4n) is 4.03. The molecule has 0 bridgehead atoms. The molecule has 1 aliphatic carbocycles. The number of aliphatic carboxylic acids is 1. The number of hydrogen-bond donors (Lipinski definition) is 0. The minimum atomic E-state index is -1.18. The van der Waals surface area contributed by atoms with Gasteiger partial charge in [0, 0.05) is 30.0 Å². The summed E-state index contributed by atoms with van der Waals surface area (Å²) >= 11 is 0. The van der Waals surface area contributed by atoms with Crippen LogP contribution in [0.5, 0.6) is 0 Å². The summed E-state index contributed by atoms with van der Waals surface area (Å²) in [4.78, 5) is 19.8. The molecule has 5 rings (SSSR count). The van der Waals surface area contributed by atoms with Gasteiger partial charge in [0.05, 0.1) is 23.5 Å². The van der Waals surface area contributed by atoms with Crippen molar-refractivity contribution in [3.8, 4) is 0 Å². The Morgan fingerprint density at radius 1 is 1.00 bits per heavy atom. The molecule has 1 unspecified atom stereocenters. The van der Waals surface area contributed by atoms with Crippen molar-refractivity contribution in [2.75, 3.05) is 6.61 Å². The van der Waals surface area contributed by atoms with Crippen LogP contribution in [-0.4, -0.2) is 22.5 Å². The van der Waals surface area contributed by atoms with E-state index in [0.29, 0.717) is 22.3 Å². The molecule has 0 spiro atoms. The summed E-state index contributed by atoms with van der Waals surface area (Å²) in [6.45, 7) is -0.0132. The number of aromatic nitrogens is 2. The van der Waals surface area contributed by atoms with Gasteiger partial charge in [0.25, 0.3) is 0 Å². The number of carbonyl (C=O) groups is 1. The number of pyridine rings is 2. The number of carboxylic acid groups (broad SMARTS) is 1. The third kappa shape index (κ3) is 5.60. The van der Waals surface area contributed by atoms with E-state index in [1.807, 2.05) is 48.6 Å². The molecule has 2 heterocycles. The summed E-state index contributed by atoms with van der Waals surface area (Å²) < 4.78 is 33.1. The Labute approximate surface area is 228 Å². The molecule has 0 saturated carbocycles. The van der Waals surface area contributed by atoms with Crippen molar-refractivity contribution >= 4 is 41.2 Å². The van der Waals surface area contributed by atoms with E-state index in [4.69, 9.17) is 4.74 Å². The molecule has 36 heavy (non-hydrogen) atoms. The number of carbonyl (C=O) groups excluding carboxylic acids is 1. The van der Waals surface area contributed by atoms with Crippen LogP contribution in [0.25, 0.3) is 35.2 Å². The second kappa shape index (κ2) is 11.2. The molecule has 174 valence electrons. The Morgan fingerprint density at radius 2 is 1.81 bits per heavy atom. The van der Waals surface area contributed by atoms with E-state index in [1.54, 1.807) is 24.4 Å². The average molecular weight is 492 g/mol. The topological polar surface area (TPSA) is 75.1 Å². The standard InChI is InChI=1S/C28H20F2N2O3.Na/c29-23-15-20-8-10-21(32-25(20)16-24(23)30)9-4-17-3-5-18-6-7-19-2-1-12-31-27(19)28(22(18)14-17)35-13-11-26(33)34;/h1-10,12,14-16,28H,11,13H2,(H,33,34);/q;+1/p-1/b9-4+;. The van der Waals surface area contributed by atoms with Crippen molar-refractivity contribution in [2.24, 2.45) is 0 Å². The summed E-state index contributed by atoms with van der Waals surface area (Å²) in [6.07, 6.45) is 8.48. The monoisotopic (exact) mass is 492 g/mol. The number of ether oxygens (including phenoxy) is 1. The average Bonchev–Trinajstić information content (AvgIpc) is 3.00. The van der Waals surface area contributed by atoms with Crippen LogP contribution >= 0.6 is 0 Å². The van der Waals surface area contributed by atoms with Gasteiger partial charge in [-0.3, -0.25) is 4.98 Å². The van der Waals surface area contributed by atoms with Gasteiger partial charge in [-0.25, -0.2) is 13.8 Å². The molecule has 4 aromatic rings. The van der Waals surface area contributed by atoms with Crippen LogP contribution in [0.2, 0.25) is 0 Å². The molecular weight excluding hydrogens is 473 g/mol. The van der Waals surface area contributed by atoms with Crippen molar-refractivity contribution in [3.63, 3.8) is 0 Å². The summed E-state index contributed by atoms with van der Waals surface area (Å²) in [5.74, 6) is -3.03. The Bertz CT molecular complexity index is 1500. The van der Waals surface area contributed by atoms with E-state index in [2.05, 4.69) is 9.97 Å². The van der Waals surface area contributed by atoms with Gasteiger partial charge in [0.1, 0.15) is 6.10 Å². The molecule has 0 radical (unpaired) electrons. The molecule has 5 nitrogen and oxygen atoms in total. The van der Waals surface area contributed by atoms with Crippen molar-refractivity contribution in [2.45, 2.75) is 12.5 Å². The first kappa shape index (κ1) is 25.9. The zero-order chi connectivity index (χ0) is 24.4.